The molecule has 0 spiro atoms. The second-order valence-corrected chi connectivity index (χ2v) is 3.04. The van der Waals surface area contributed by atoms with E-state index < -0.39 is 6.10 Å². The average molecular weight is 178 g/mol. The Morgan fingerprint density at radius 2 is 2.08 bits per heavy atom. The molecule has 0 bridgehead atoms. The zero-order chi connectivity index (χ0) is 9.26. The molecule has 1 aromatic carbocycles. The van der Waals surface area contributed by atoms with E-state index in [2.05, 4.69) is 0 Å². The van der Waals surface area contributed by atoms with Crippen LogP contribution in [0.2, 0.25) is 0 Å². The molecular formula is C10H10O3. The minimum atomic E-state index is -1.03. The van der Waals surface area contributed by atoms with Crippen molar-refractivity contribution in [3.05, 3.63) is 35.9 Å². The molecule has 0 radical (unpaired) electrons. The van der Waals surface area contributed by atoms with E-state index >= 15 is 0 Å². The highest BCUT2D eigenvalue weighted by Crippen LogP contribution is 2.21. The van der Waals surface area contributed by atoms with Crippen molar-refractivity contribution in [2.45, 2.75) is 12.2 Å². The molecule has 0 amide bonds. The van der Waals surface area contributed by atoms with Gasteiger partial charge in [-0.05, 0) is 5.56 Å². The fourth-order valence-corrected chi connectivity index (χ4v) is 1.19. The second-order valence-electron chi connectivity index (χ2n) is 3.04. The van der Waals surface area contributed by atoms with Crippen molar-refractivity contribution in [2.75, 3.05) is 6.61 Å². The van der Waals surface area contributed by atoms with Gasteiger partial charge in [-0.15, -0.1) is 0 Å². The zero-order valence-corrected chi connectivity index (χ0v) is 7.01. The van der Waals surface area contributed by atoms with Crippen LogP contribution in [0, 0.1) is 0 Å². The fraction of sp³-hybridized carbons (Fsp3) is 0.300. The molecule has 1 aliphatic rings. The normalized spacial score (nSPS) is 22.4. The molecule has 13 heavy (non-hydrogen) atoms. The number of rotatable bonds is 3. The van der Waals surface area contributed by atoms with Gasteiger partial charge in [0, 0.05) is 0 Å². The summed E-state index contributed by atoms with van der Waals surface area (Å²) in [7, 11) is 0. The van der Waals surface area contributed by atoms with Crippen LogP contribution < -0.4 is 0 Å². The Morgan fingerprint density at radius 3 is 2.62 bits per heavy atom. The van der Waals surface area contributed by atoms with Crippen LogP contribution >= 0.6 is 0 Å². The molecule has 3 nitrogen and oxygen atoms in total. The smallest absolute Gasteiger partial charge is 0.196 e. The molecule has 2 unspecified atom stereocenters. The summed E-state index contributed by atoms with van der Waals surface area (Å²) in [4.78, 5) is 11.3. The van der Waals surface area contributed by atoms with Crippen LogP contribution in [-0.4, -0.2) is 23.6 Å². The van der Waals surface area contributed by atoms with Crippen molar-refractivity contribution < 1.29 is 14.6 Å². The molecule has 1 fully saturated rings. The number of hydrogen-bond acceptors (Lipinski definition) is 3. The zero-order valence-electron chi connectivity index (χ0n) is 7.01. The number of carbonyl (C=O) groups is 1. The van der Waals surface area contributed by atoms with E-state index in [1.54, 1.807) is 24.3 Å². The Morgan fingerprint density at radius 1 is 1.46 bits per heavy atom. The molecule has 1 heterocycles. The van der Waals surface area contributed by atoms with E-state index in [-0.39, 0.29) is 11.9 Å². The number of ether oxygens (including phenoxy) is 1. The van der Waals surface area contributed by atoms with E-state index in [1.807, 2.05) is 6.07 Å². The lowest BCUT2D eigenvalue weighted by Crippen LogP contribution is -2.17. The van der Waals surface area contributed by atoms with E-state index in [9.17, 15) is 9.90 Å². The number of epoxide rings is 1. The van der Waals surface area contributed by atoms with Gasteiger partial charge < -0.3 is 9.84 Å². The Kier molecular flexibility index (Phi) is 2.12. The molecular weight excluding hydrogens is 168 g/mol. The lowest BCUT2D eigenvalue weighted by molar-refractivity contribution is -0.128. The molecule has 1 saturated heterocycles. The Labute approximate surface area is 76.0 Å². The first-order valence-corrected chi connectivity index (χ1v) is 4.17. The maximum Gasteiger partial charge on any atom is 0.196 e. The van der Waals surface area contributed by atoms with Gasteiger partial charge in [0.25, 0.3) is 0 Å². The van der Waals surface area contributed by atoms with E-state index in [0.717, 1.165) is 0 Å². The summed E-state index contributed by atoms with van der Waals surface area (Å²) in [5.74, 6) is -0.244. The Balaban J connectivity index is 2.12. The Hall–Kier alpha value is -1.19. The summed E-state index contributed by atoms with van der Waals surface area (Å²) >= 11 is 0. The van der Waals surface area contributed by atoms with Crippen LogP contribution in [0.5, 0.6) is 0 Å². The summed E-state index contributed by atoms with van der Waals surface area (Å²) in [6.45, 7) is 0.447. The van der Waals surface area contributed by atoms with E-state index in [0.29, 0.717) is 12.2 Å². The molecule has 2 atom stereocenters. The highest BCUT2D eigenvalue weighted by atomic mass is 16.6. The number of aliphatic hydroxyl groups is 1. The van der Waals surface area contributed by atoms with Crippen LogP contribution in [-0.2, 0) is 9.53 Å². The third kappa shape index (κ3) is 1.76. The number of hydrogen-bond donors (Lipinski definition) is 1. The van der Waals surface area contributed by atoms with Gasteiger partial charge in [-0.2, -0.15) is 0 Å². The van der Waals surface area contributed by atoms with Crippen LogP contribution in [0.15, 0.2) is 30.3 Å². The predicted octanol–water partition coefficient (Wildman–Crippen LogP) is 0.688. The first-order chi connectivity index (χ1) is 6.29. The highest BCUT2D eigenvalue weighted by molar-refractivity contribution is 5.89. The van der Waals surface area contributed by atoms with Crippen LogP contribution in [0.1, 0.15) is 11.7 Å². The summed E-state index contributed by atoms with van der Waals surface area (Å²) in [6, 6.07) is 8.88. The minimum Gasteiger partial charge on any atom is -0.380 e. The molecule has 68 valence electrons. The third-order valence-corrected chi connectivity index (χ3v) is 2.04. The monoisotopic (exact) mass is 178 g/mol. The summed E-state index contributed by atoms with van der Waals surface area (Å²) in [6.07, 6.45) is -1.41. The number of aliphatic hydroxyl groups excluding tert-OH is 1. The molecule has 2 rings (SSSR count). The predicted molar refractivity (Wildman–Crippen MR) is 46.1 cm³/mol. The van der Waals surface area contributed by atoms with Crippen molar-refractivity contribution in [2.24, 2.45) is 0 Å². The fourth-order valence-electron chi connectivity index (χ4n) is 1.19. The quantitative estimate of drug-likeness (QED) is 0.693. The van der Waals surface area contributed by atoms with Gasteiger partial charge in [0.15, 0.2) is 5.78 Å². The Bertz CT molecular complexity index is 303. The maximum absolute atomic E-state index is 11.3. The molecule has 1 aromatic rings. The molecule has 3 heteroatoms. The van der Waals surface area contributed by atoms with Crippen LogP contribution in [0.25, 0.3) is 0 Å². The topological polar surface area (TPSA) is 49.8 Å². The molecule has 1 aliphatic heterocycles. The van der Waals surface area contributed by atoms with Gasteiger partial charge in [0.05, 0.1) is 6.61 Å². The lowest BCUT2D eigenvalue weighted by Gasteiger charge is -2.06. The van der Waals surface area contributed by atoms with Gasteiger partial charge in [0.2, 0.25) is 0 Å². The third-order valence-electron chi connectivity index (χ3n) is 2.04. The van der Waals surface area contributed by atoms with Gasteiger partial charge in [-0.3, -0.25) is 4.79 Å². The van der Waals surface area contributed by atoms with Gasteiger partial charge in [-0.1, -0.05) is 30.3 Å². The highest BCUT2D eigenvalue weighted by Gasteiger charge is 2.35. The maximum atomic E-state index is 11.3. The van der Waals surface area contributed by atoms with Crippen molar-refractivity contribution in [1.82, 2.24) is 0 Å². The van der Waals surface area contributed by atoms with E-state index in [1.165, 1.54) is 0 Å². The second kappa shape index (κ2) is 3.28. The van der Waals surface area contributed by atoms with Crippen molar-refractivity contribution in [3.8, 4) is 0 Å². The minimum absolute atomic E-state index is 0.244. The van der Waals surface area contributed by atoms with Crippen LogP contribution in [0.4, 0.5) is 0 Å². The summed E-state index contributed by atoms with van der Waals surface area (Å²) < 4.78 is 4.80. The van der Waals surface area contributed by atoms with Crippen LogP contribution in [0.3, 0.4) is 0 Å². The average Bonchev–Trinajstić information content (AvgIpc) is 3.00. The summed E-state index contributed by atoms with van der Waals surface area (Å²) in [5, 5.41) is 9.57. The van der Waals surface area contributed by atoms with Gasteiger partial charge in [-0.25, -0.2) is 0 Å². The molecule has 0 aromatic heterocycles. The molecule has 0 aliphatic carbocycles. The number of benzene rings is 1. The number of Topliss-reactive ketones (excluding diaryl/α,β-unsaturated/α-hetero) is 1. The van der Waals surface area contributed by atoms with Gasteiger partial charge >= 0.3 is 0 Å². The lowest BCUT2D eigenvalue weighted by atomic mass is 10.0. The van der Waals surface area contributed by atoms with E-state index in [4.69, 9.17) is 4.74 Å². The van der Waals surface area contributed by atoms with Crippen molar-refractivity contribution >= 4 is 5.78 Å². The molecule has 1 N–H and O–H groups in total. The number of carbonyl (C=O) groups excluding carboxylic acids is 1. The van der Waals surface area contributed by atoms with Crippen molar-refractivity contribution in [3.63, 3.8) is 0 Å². The first kappa shape index (κ1) is 8.41. The summed E-state index contributed by atoms with van der Waals surface area (Å²) in [5.41, 5.74) is 0.628. The number of ketones is 1. The SMILES string of the molecule is O=C(C1CO1)C(O)c1ccccc1. The largest absolute Gasteiger partial charge is 0.380 e. The van der Waals surface area contributed by atoms with Gasteiger partial charge in [0.1, 0.15) is 12.2 Å². The standard InChI is InChI=1S/C10H10O3/c11-9(10(12)8-6-13-8)7-4-2-1-3-5-7/h1-5,8-9,11H,6H2. The van der Waals surface area contributed by atoms with Crippen molar-refractivity contribution in [1.29, 1.82) is 0 Å². The molecule has 0 saturated carbocycles. The first-order valence-electron chi connectivity index (χ1n) is 4.17.